The Morgan fingerprint density at radius 3 is 2.79 bits per heavy atom. The normalized spacial score (nSPS) is 39.3. The largest absolute Gasteiger partial charge is 0.463 e. The molecule has 1 heterocycles. The minimum Gasteiger partial charge on any atom is -0.463 e. The molecule has 0 bridgehead atoms. The van der Waals surface area contributed by atoms with Crippen LogP contribution in [0.2, 0.25) is 0 Å². The second-order valence-corrected chi connectivity index (χ2v) is 4.50. The number of hydrogen-bond acceptors (Lipinski definition) is 3. The first kappa shape index (κ1) is 9.97. The van der Waals surface area contributed by atoms with Gasteiger partial charge in [-0.25, -0.2) is 4.79 Å². The fourth-order valence-electron chi connectivity index (χ4n) is 2.39. The van der Waals surface area contributed by atoms with Gasteiger partial charge in [-0.3, -0.25) is 0 Å². The summed E-state index contributed by atoms with van der Waals surface area (Å²) in [6.07, 6.45) is 4.92. The lowest BCUT2D eigenvalue weighted by Crippen LogP contribution is -2.30. The van der Waals surface area contributed by atoms with Crippen LogP contribution in [0.3, 0.4) is 0 Å². The summed E-state index contributed by atoms with van der Waals surface area (Å²) in [4.78, 5) is 11.7. The number of carbonyl (C=O) groups excluding carboxylic acids is 1. The molecule has 0 aromatic carbocycles. The lowest BCUT2D eigenvalue weighted by atomic mass is 9.99. The van der Waals surface area contributed by atoms with Crippen molar-refractivity contribution in [3.63, 3.8) is 0 Å². The molecule has 0 spiro atoms. The summed E-state index contributed by atoms with van der Waals surface area (Å²) in [5, 5.41) is 0. The molecule has 0 radical (unpaired) electrons. The van der Waals surface area contributed by atoms with Crippen LogP contribution in [0.5, 0.6) is 0 Å². The molecule has 1 aliphatic carbocycles. The lowest BCUT2D eigenvalue weighted by Gasteiger charge is -2.09. The maximum atomic E-state index is 11.7. The second-order valence-electron chi connectivity index (χ2n) is 4.50. The Hall–Kier alpha value is -0.570. The van der Waals surface area contributed by atoms with E-state index in [-0.39, 0.29) is 11.6 Å². The topological polar surface area (TPSA) is 38.8 Å². The third kappa shape index (κ3) is 1.26. The second kappa shape index (κ2) is 3.23. The minimum absolute atomic E-state index is 0.133. The molecule has 1 saturated carbocycles. The van der Waals surface area contributed by atoms with E-state index >= 15 is 0 Å². The van der Waals surface area contributed by atoms with Crippen molar-refractivity contribution in [1.29, 1.82) is 0 Å². The highest BCUT2D eigenvalue weighted by Crippen LogP contribution is 2.59. The number of esters is 1. The molecule has 0 N–H and O–H groups in total. The van der Waals surface area contributed by atoms with Crippen LogP contribution in [0.25, 0.3) is 0 Å². The number of carbonyl (C=O) groups is 1. The van der Waals surface area contributed by atoms with E-state index in [1.807, 2.05) is 6.92 Å². The van der Waals surface area contributed by atoms with Gasteiger partial charge in [0.2, 0.25) is 0 Å². The average molecular weight is 198 g/mol. The summed E-state index contributed by atoms with van der Waals surface area (Å²) >= 11 is 0. The monoisotopic (exact) mass is 198 g/mol. The zero-order valence-electron chi connectivity index (χ0n) is 8.97. The fraction of sp³-hybridized carbons (Fsp3) is 0.909. The molecule has 2 unspecified atom stereocenters. The van der Waals surface area contributed by atoms with E-state index in [1.54, 1.807) is 0 Å². The Morgan fingerprint density at radius 2 is 2.29 bits per heavy atom. The molecule has 3 heteroatoms. The van der Waals surface area contributed by atoms with E-state index in [1.165, 1.54) is 0 Å². The summed E-state index contributed by atoms with van der Waals surface area (Å²) in [6, 6.07) is 0. The molecule has 1 saturated heterocycles. The van der Waals surface area contributed by atoms with Gasteiger partial charge in [0.1, 0.15) is 5.60 Å². The first-order chi connectivity index (χ1) is 6.65. The van der Waals surface area contributed by atoms with E-state index in [0.717, 1.165) is 32.1 Å². The summed E-state index contributed by atoms with van der Waals surface area (Å²) in [7, 11) is 0. The Morgan fingerprint density at radius 1 is 1.50 bits per heavy atom. The van der Waals surface area contributed by atoms with Gasteiger partial charge in [0, 0.05) is 0 Å². The predicted molar refractivity (Wildman–Crippen MR) is 51.9 cm³/mol. The van der Waals surface area contributed by atoms with Gasteiger partial charge in [-0.05, 0) is 32.6 Å². The third-order valence-electron chi connectivity index (χ3n) is 3.46. The van der Waals surface area contributed by atoms with Crippen LogP contribution in [0.15, 0.2) is 0 Å². The smallest absolute Gasteiger partial charge is 0.341 e. The number of unbranched alkanes of at least 4 members (excludes halogenated alkanes) is 1. The van der Waals surface area contributed by atoms with Crippen molar-refractivity contribution in [1.82, 2.24) is 0 Å². The van der Waals surface area contributed by atoms with Gasteiger partial charge in [-0.15, -0.1) is 0 Å². The van der Waals surface area contributed by atoms with Crippen LogP contribution in [0, 0.1) is 0 Å². The highest BCUT2D eigenvalue weighted by Gasteiger charge is 2.75. The number of rotatable bonds is 4. The number of hydrogen-bond donors (Lipinski definition) is 0. The molecule has 3 nitrogen and oxygen atoms in total. The van der Waals surface area contributed by atoms with E-state index in [2.05, 4.69) is 6.92 Å². The van der Waals surface area contributed by atoms with Crippen LogP contribution in [0.4, 0.5) is 0 Å². The number of epoxide rings is 1. The maximum absolute atomic E-state index is 11.7. The molecule has 0 amide bonds. The first-order valence-electron chi connectivity index (χ1n) is 5.52. The highest BCUT2D eigenvalue weighted by molar-refractivity contribution is 5.85. The zero-order chi connectivity index (χ0) is 10.2. The maximum Gasteiger partial charge on any atom is 0.341 e. The van der Waals surface area contributed by atoms with Gasteiger partial charge in [0.05, 0.1) is 6.61 Å². The van der Waals surface area contributed by atoms with Crippen molar-refractivity contribution in [3.8, 4) is 0 Å². The van der Waals surface area contributed by atoms with Crippen molar-refractivity contribution in [2.24, 2.45) is 0 Å². The van der Waals surface area contributed by atoms with Gasteiger partial charge >= 0.3 is 5.97 Å². The fourth-order valence-corrected chi connectivity index (χ4v) is 2.39. The Bertz CT molecular complexity index is 247. The van der Waals surface area contributed by atoms with E-state index < -0.39 is 5.60 Å². The average Bonchev–Trinajstić information content (AvgIpc) is 2.62. The van der Waals surface area contributed by atoms with Gasteiger partial charge < -0.3 is 9.47 Å². The number of ether oxygens (including phenoxy) is 2. The van der Waals surface area contributed by atoms with Crippen molar-refractivity contribution >= 4 is 5.97 Å². The van der Waals surface area contributed by atoms with Crippen molar-refractivity contribution < 1.29 is 14.3 Å². The van der Waals surface area contributed by atoms with Gasteiger partial charge in [-0.2, -0.15) is 0 Å². The van der Waals surface area contributed by atoms with Crippen LogP contribution in [-0.4, -0.2) is 23.8 Å². The van der Waals surface area contributed by atoms with E-state index in [9.17, 15) is 4.79 Å². The van der Waals surface area contributed by atoms with Gasteiger partial charge in [0.25, 0.3) is 0 Å². The van der Waals surface area contributed by atoms with Crippen LogP contribution in [0.1, 0.15) is 46.0 Å². The van der Waals surface area contributed by atoms with Crippen LogP contribution in [-0.2, 0) is 14.3 Å². The van der Waals surface area contributed by atoms with Crippen LogP contribution < -0.4 is 0 Å². The van der Waals surface area contributed by atoms with Gasteiger partial charge in [0.15, 0.2) is 5.60 Å². The summed E-state index contributed by atoms with van der Waals surface area (Å²) in [5.41, 5.74) is -0.753. The molecule has 0 aromatic heterocycles. The molecular formula is C11H18O3. The predicted octanol–water partition coefficient (Wildman–Crippen LogP) is 2.04. The SMILES string of the molecule is CCCCOC(=O)C12CCCC1(C)O2. The molecule has 1 aliphatic heterocycles. The van der Waals surface area contributed by atoms with E-state index in [4.69, 9.17) is 9.47 Å². The van der Waals surface area contributed by atoms with Crippen molar-refractivity contribution in [3.05, 3.63) is 0 Å². The molecular weight excluding hydrogens is 180 g/mol. The first-order valence-corrected chi connectivity index (χ1v) is 5.52. The Balaban J connectivity index is 1.87. The van der Waals surface area contributed by atoms with Crippen molar-refractivity contribution in [2.75, 3.05) is 6.61 Å². The molecule has 2 fully saturated rings. The lowest BCUT2D eigenvalue weighted by molar-refractivity contribution is -0.150. The molecule has 14 heavy (non-hydrogen) atoms. The summed E-state index contributed by atoms with van der Waals surface area (Å²) in [5.74, 6) is -0.133. The molecule has 2 aliphatic rings. The number of fused-ring (bicyclic) bond motifs is 1. The Labute approximate surface area is 84.8 Å². The standard InChI is InChI=1S/C11H18O3/c1-3-4-8-13-9(12)11-7-5-6-10(11,2)14-11/h3-8H2,1-2H3. The summed E-state index contributed by atoms with van der Waals surface area (Å²) < 4.78 is 10.8. The molecule has 2 rings (SSSR count). The highest BCUT2D eigenvalue weighted by atomic mass is 16.7. The zero-order valence-corrected chi connectivity index (χ0v) is 8.97. The minimum atomic E-state index is -0.555. The molecule has 0 aromatic rings. The van der Waals surface area contributed by atoms with Crippen molar-refractivity contribution in [2.45, 2.75) is 57.2 Å². The van der Waals surface area contributed by atoms with Gasteiger partial charge in [-0.1, -0.05) is 13.3 Å². The Kier molecular flexibility index (Phi) is 2.30. The molecule has 2 atom stereocenters. The molecule has 80 valence electrons. The van der Waals surface area contributed by atoms with E-state index in [0.29, 0.717) is 6.61 Å². The third-order valence-corrected chi connectivity index (χ3v) is 3.46. The quantitative estimate of drug-likeness (QED) is 0.394. The summed E-state index contributed by atoms with van der Waals surface area (Å²) in [6.45, 7) is 4.64. The van der Waals surface area contributed by atoms with Crippen LogP contribution >= 0.6 is 0 Å².